The lowest BCUT2D eigenvalue weighted by molar-refractivity contribution is -0.193. The molecule has 0 aromatic carbocycles. The summed E-state index contributed by atoms with van der Waals surface area (Å²) in [6.07, 6.45) is -3.84. The normalized spacial score (nSPS) is 16.3. The van der Waals surface area contributed by atoms with Crippen molar-refractivity contribution in [3.05, 3.63) is 35.1 Å². The van der Waals surface area contributed by atoms with Gasteiger partial charge in [-0.25, -0.2) is 14.5 Å². The first kappa shape index (κ1) is 22.7. The summed E-state index contributed by atoms with van der Waals surface area (Å²) in [5.41, 5.74) is -2.58. The summed E-state index contributed by atoms with van der Waals surface area (Å²) in [6, 6.07) is 3.96. The van der Waals surface area contributed by atoms with Crippen LogP contribution in [0, 0.1) is 5.41 Å². The quantitative estimate of drug-likeness (QED) is 0.540. The van der Waals surface area contributed by atoms with E-state index >= 15 is 0 Å². The lowest BCUT2D eigenvalue weighted by Crippen LogP contribution is -2.48. The van der Waals surface area contributed by atoms with Crippen molar-refractivity contribution in [2.75, 3.05) is 6.61 Å². The highest BCUT2D eigenvalue weighted by Crippen LogP contribution is 2.73. The second kappa shape index (κ2) is 7.28. The van der Waals surface area contributed by atoms with Crippen LogP contribution in [0.15, 0.2) is 24.4 Å². The molecule has 6 nitrogen and oxygen atoms in total. The van der Waals surface area contributed by atoms with Gasteiger partial charge in [-0.05, 0) is 25.0 Å². The molecule has 0 atom stereocenters. The molecular weight excluding hydrogens is 418 g/mol. The van der Waals surface area contributed by atoms with Gasteiger partial charge in [-0.2, -0.15) is 13.2 Å². The van der Waals surface area contributed by atoms with E-state index in [9.17, 15) is 18.0 Å². The Morgan fingerprint density at radius 1 is 1.23 bits per heavy atom. The standard InChI is InChI=1S/C16H11B4ClF3N3O3/c17-14(18,15(19,20)13(4-5-13)16(22,23)24)7-30-10-3-6-27(26-10)9-2-1-8(12(28)29)11(21)25-9/h1-3,6H,4-5,7H2,(H,28,29). The molecule has 0 spiro atoms. The van der Waals surface area contributed by atoms with Crippen LogP contribution in [0.4, 0.5) is 13.2 Å². The third-order valence-corrected chi connectivity index (χ3v) is 5.47. The first-order valence-electron chi connectivity index (χ1n) is 8.53. The van der Waals surface area contributed by atoms with Crippen LogP contribution in [0.5, 0.6) is 5.88 Å². The topological polar surface area (TPSA) is 77.2 Å². The van der Waals surface area contributed by atoms with E-state index in [4.69, 9.17) is 52.8 Å². The van der Waals surface area contributed by atoms with Gasteiger partial charge in [0.15, 0.2) is 5.82 Å². The predicted molar refractivity (Wildman–Crippen MR) is 105 cm³/mol. The van der Waals surface area contributed by atoms with E-state index in [0.717, 1.165) is 0 Å². The fourth-order valence-electron chi connectivity index (χ4n) is 3.04. The number of carboxylic acids is 1. The molecule has 2 aromatic rings. The molecule has 1 N–H and O–H groups in total. The molecule has 2 aromatic heterocycles. The number of aromatic nitrogens is 3. The van der Waals surface area contributed by atoms with Gasteiger partial charge >= 0.3 is 12.1 Å². The SMILES string of the molecule is [B]C([B])(COc1ccn(-c2ccc(C(=O)O)c(Cl)n2)n1)C([B])([B])C1(C(F)(F)F)CC1. The largest absolute Gasteiger partial charge is 0.478 e. The molecule has 14 heteroatoms. The maximum Gasteiger partial charge on any atom is 0.393 e. The molecule has 8 radical (unpaired) electrons. The number of alkyl halides is 3. The lowest BCUT2D eigenvalue weighted by Gasteiger charge is -2.50. The molecule has 1 aliphatic carbocycles. The molecule has 0 amide bonds. The van der Waals surface area contributed by atoms with Crippen molar-refractivity contribution in [2.24, 2.45) is 5.41 Å². The van der Waals surface area contributed by atoms with Crippen LogP contribution in [-0.2, 0) is 0 Å². The number of hydrogen-bond acceptors (Lipinski definition) is 4. The van der Waals surface area contributed by atoms with Crippen molar-refractivity contribution in [3.8, 4) is 11.7 Å². The van der Waals surface area contributed by atoms with E-state index < -0.39 is 34.6 Å². The van der Waals surface area contributed by atoms with E-state index in [-0.39, 0.29) is 35.3 Å². The molecule has 2 heterocycles. The van der Waals surface area contributed by atoms with Crippen LogP contribution in [-0.4, -0.2) is 70.0 Å². The van der Waals surface area contributed by atoms with Gasteiger partial charge in [-0.1, -0.05) is 22.0 Å². The fourth-order valence-corrected chi connectivity index (χ4v) is 3.27. The van der Waals surface area contributed by atoms with E-state index in [1.807, 2.05) is 0 Å². The van der Waals surface area contributed by atoms with Gasteiger partial charge in [0.05, 0.1) is 49.0 Å². The zero-order valence-corrected chi connectivity index (χ0v) is 16.1. The molecule has 3 rings (SSSR count). The van der Waals surface area contributed by atoms with Gasteiger partial charge in [0, 0.05) is 12.3 Å². The summed E-state index contributed by atoms with van der Waals surface area (Å²) < 4.78 is 46.7. The van der Waals surface area contributed by atoms with E-state index in [0.29, 0.717) is 0 Å². The molecule has 1 saturated carbocycles. The fraction of sp³-hybridized carbons (Fsp3) is 0.438. The average Bonchev–Trinajstić information content (AvgIpc) is 3.33. The summed E-state index contributed by atoms with van der Waals surface area (Å²) in [7, 11) is 23.2. The molecule has 1 aliphatic rings. The Labute approximate surface area is 180 Å². The Morgan fingerprint density at radius 2 is 1.87 bits per heavy atom. The van der Waals surface area contributed by atoms with Crippen molar-refractivity contribution >= 4 is 49.0 Å². The lowest BCUT2D eigenvalue weighted by atomic mass is 9.26. The Bertz CT molecular complexity index is 980. The van der Waals surface area contributed by atoms with Crippen molar-refractivity contribution < 1.29 is 27.8 Å². The molecule has 0 aliphatic heterocycles. The van der Waals surface area contributed by atoms with Gasteiger partial charge in [0.1, 0.15) is 5.15 Å². The van der Waals surface area contributed by atoms with Crippen LogP contribution >= 0.6 is 11.6 Å². The molecule has 0 unspecified atom stereocenters. The third kappa shape index (κ3) is 3.72. The van der Waals surface area contributed by atoms with Gasteiger partial charge in [-0.3, -0.25) is 0 Å². The number of pyridine rings is 1. The van der Waals surface area contributed by atoms with Crippen molar-refractivity contribution in [1.29, 1.82) is 0 Å². The summed E-state index contributed by atoms with van der Waals surface area (Å²) in [5.74, 6) is -1.12. The van der Waals surface area contributed by atoms with Gasteiger partial charge in [0.25, 0.3) is 0 Å². The first-order chi connectivity index (χ1) is 13.7. The van der Waals surface area contributed by atoms with Crippen molar-refractivity contribution in [1.82, 2.24) is 14.8 Å². The van der Waals surface area contributed by atoms with Crippen LogP contribution < -0.4 is 4.74 Å². The molecule has 0 saturated heterocycles. The number of aromatic carboxylic acids is 1. The smallest absolute Gasteiger partial charge is 0.393 e. The summed E-state index contributed by atoms with van der Waals surface area (Å²) in [4.78, 5) is 14.9. The van der Waals surface area contributed by atoms with Crippen molar-refractivity contribution in [2.45, 2.75) is 29.4 Å². The highest BCUT2D eigenvalue weighted by atomic mass is 35.5. The predicted octanol–water partition coefficient (Wildman–Crippen LogP) is 2.25. The number of hydrogen-bond donors (Lipinski definition) is 1. The first-order valence-corrected chi connectivity index (χ1v) is 8.91. The maximum atomic E-state index is 13.4. The minimum absolute atomic E-state index is 0.0526. The highest BCUT2D eigenvalue weighted by molar-refractivity contribution is 6.54. The second-order valence-corrected chi connectivity index (χ2v) is 7.55. The third-order valence-electron chi connectivity index (χ3n) is 5.18. The van der Waals surface area contributed by atoms with Gasteiger partial charge in [-0.15, -0.1) is 5.10 Å². The highest BCUT2D eigenvalue weighted by Gasteiger charge is 2.71. The molecule has 1 fully saturated rings. The molecular formula is C16H11B4ClF3N3O3. The Hall–Kier alpha value is -2.03. The summed E-state index contributed by atoms with van der Waals surface area (Å²) in [6.45, 7) is -0.652. The van der Waals surface area contributed by atoms with Gasteiger partial charge < -0.3 is 9.84 Å². The molecule has 30 heavy (non-hydrogen) atoms. The van der Waals surface area contributed by atoms with Crippen LogP contribution in [0.1, 0.15) is 23.2 Å². The van der Waals surface area contributed by atoms with E-state index in [1.54, 1.807) is 0 Å². The summed E-state index contributed by atoms with van der Waals surface area (Å²) >= 11 is 5.82. The summed E-state index contributed by atoms with van der Waals surface area (Å²) in [5, 5.41) is 8.03. The van der Waals surface area contributed by atoms with Crippen LogP contribution in [0.25, 0.3) is 5.82 Å². The van der Waals surface area contributed by atoms with E-state index in [1.165, 1.54) is 29.1 Å². The monoisotopic (exact) mass is 429 g/mol. The van der Waals surface area contributed by atoms with E-state index in [2.05, 4.69) is 10.1 Å². The zero-order chi connectivity index (χ0) is 22.5. The Kier molecular flexibility index (Phi) is 5.50. The average molecular weight is 429 g/mol. The number of carbonyl (C=O) groups is 1. The van der Waals surface area contributed by atoms with Crippen LogP contribution in [0.2, 0.25) is 15.6 Å². The Balaban J connectivity index is 1.74. The van der Waals surface area contributed by atoms with Gasteiger partial charge in [0.2, 0.25) is 5.88 Å². The number of ether oxygens (including phenoxy) is 1. The number of carboxylic acid groups (broad SMARTS) is 1. The minimum atomic E-state index is -4.67. The molecule has 148 valence electrons. The number of nitrogens with zero attached hydrogens (tertiary/aromatic N) is 3. The molecule has 0 bridgehead atoms. The second-order valence-electron chi connectivity index (χ2n) is 7.19. The number of rotatable bonds is 7. The van der Waals surface area contributed by atoms with Crippen molar-refractivity contribution in [3.63, 3.8) is 0 Å². The maximum absolute atomic E-state index is 13.4. The Morgan fingerprint density at radius 3 is 2.37 bits per heavy atom. The minimum Gasteiger partial charge on any atom is -0.478 e. The number of halogens is 4. The zero-order valence-electron chi connectivity index (χ0n) is 15.4. The van der Waals surface area contributed by atoms with Crippen LogP contribution in [0.3, 0.4) is 0 Å².